The van der Waals surface area contributed by atoms with Crippen LogP contribution < -0.4 is 0 Å². The summed E-state index contributed by atoms with van der Waals surface area (Å²) in [6.45, 7) is 4.49. The quantitative estimate of drug-likeness (QED) is 0.764. The summed E-state index contributed by atoms with van der Waals surface area (Å²) in [4.78, 5) is 17.5. The first-order valence-corrected chi connectivity index (χ1v) is 12.0. The summed E-state index contributed by atoms with van der Waals surface area (Å²) < 4.78 is 0. The van der Waals surface area contributed by atoms with Crippen molar-refractivity contribution < 1.29 is 9.90 Å². The first-order chi connectivity index (χ1) is 13.9. The lowest BCUT2D eigenvalue weighted by atomic mass is 9.49. The Hall–Kier alpha value is -1.22. The normalized spacial score (nSPS) is 46.4. The van der Waals surface area contributed by atoms with E-state index in [1.54, 1.807) is 6.20 Å². The molecule has 0 spiro atoms. The van der Waals surface area contributed by atoms with Crippen LogP contribution >= 0.6 is 0 Å². The van der Waals surface area contributed by atoms with Gasteiger partial charge in [0.25, 0.3) is 0 Å². The standard InChI is InChI=1S/C26H37NO2/c1-25(29)11-9-19-18(15-25)5-6-21-20(19)10-12-26(2)22(21)7-8-23(26)24(28)14-17-4-3-13-27-16-17/h3-4,13,16,18-23,29H,5-12,14-15H2,1-2H3. The van der Waals surface area contributed by atoms with Gasteiger partial charge in [-0.25, -0.2) is 0 Å². The number of rotatable bonds is 3. The Balaban J connectivity index is 1.31. The number of fused-ring (bicyclic) bond motifs is 5. The highest BCUT2D eigenvalue weighted by atomic mass is 16.3. The Kier molecular flexibility index (Phi) is 4.89. The van der Waals surface area contributed by atoms with Crippen LogP contribution in [0.4, 0.5) is 0 Å². The van der Waals surface area contributed by atoms with Crippen molar-refractivity contribution in [2.24, 2.45) is 40.9 Å². The van der Waals surface area contributed by atoms with E-state index in [0.29, 0.717) is 12.2 Å². The second kappa shape index (κ2) is 7.18. The molecule has 3 nitrogen and oxygen atoms in total. The Labute approximate surface area is 175 Å². The van der Waals surface area contributed by atoms with E-state index < -0.39 is 5.60 Å². The number of aliphatic hydroxyl groups is 1. The lowest BCUT2D eigenvalue weighted by Crippen LogP contribution is -2.51. The van der Waals surface area contributed by atoms with Crippen LogP contribution in [-0.4, -0.2) is 21.5 Å². The van der Waals surface area contributed by atoms with Crippen molar-refractivity contribution in [1.29, 1.82) is 0 Å². The molecule has 29 heavy (non-hydrogen) atoms. The largest absolute Gasteiger partial charge is 0.390 e. The number of aromatic nitrogens is 1. The number of hydrogen-bond donors (Lipinski definition) is 1. The van der Waals surface area contributed by atoms with Crippen LogP contribution in [0.5, 0.6) is 0 Å². The molecular weight excluding hydrogens is 358 g/mol. The van der Waals surface area contributed by atoms with Crippen molar-refractivity contribution in [2.75, 3.05) is 0 Å². The van der Waals surface area contributed by atoms with Crippen LogP contribution in [0.3, 0.4) is 0 Å². The van der Waals surface area contributed by atoms with Crippen LogP contribution in [0, 0.1) is 40.9 Å². The van der Waals surface area contributed by atoms with Crippen molar-refractivity contribution in [1.82, 2.24) is 4.98 Å². The zero-order valence-corrected chi connectivity index (χ0v) is 18.1. The summed E-state index contributed by atoms with van der Waals surface area (Å²) in [7, 11) is 0. The van der Waals surface area contributed by atoms with Crippen LogP contribution in [0.25, 0.3) is 0 Å². The van der Waals surface area contributed by atoms with Gasteiger partial charge in [-0.15, -0.1) is 0 Å². The van der Waals surface area contributed by atoms with E-state index in [4.69, 9.17) is 0 Å². The number of pyridine rings is 1. The monoisotopic (exact) mass is 395 g/mol. The predicted octanol–water partition coefficient (Wildman–Crippen LogP) is 5.21. The van der Waals surface area contributed by atoms with Gasteiger partial charge in [0, 0.05) is 24.7 Å². The molecule has 8 unspecified atom stereocenters. The zero-order valence-electron chi connectivity index (χ0n) is 18.1. The molecule has 1 aromatic heterocycles. The second-order valence-corrected chi connectivity index (χ2v) is 11.4. The molecule has 5 rings (SSSR count). The van der Waals surface area contributed by atoms with Gasteiger partial charge in [0.15, 0.2) is 0 Å². The van der Waals surface area contributed by atoms with Crippen molar-refractivity contribution in [2.45, 2.75) is 83.7 Å². The fourth-order valence-electron chi connectivity index (χ4n) is 8.44. The smallest absolute Gasteiger partial charge is 0.140 e. The number of carbonyl (C=O) groups excluding carboxylic acids is 1. The Bertz CT molecular complexity index is 759. The van der Waals surface area contributed by atoms with E-state index in [2.05, 4.69) is 11.9 Å². The highest BCUT2D eigenvalue weighted by Crippen LogP contribution is 2.64. The molecule has 0 aromatic carbocycles. The molecule has 1 aromatic rings. The Morgan fingerprint density at radius 1 is 1.07 bits per heavy atom. The fourth-order valence-corrected chi connectivity index (χ4v) is 8.44. The molecule has 4 aliphatic carbocycles. The van der Waals surface area contributed by atoms with E-state index in [-0.39, 0.29) is 11.3 Å². The van der Waals surface area contributed by atoms with Crippen molar-refractivity contribution in [3.05, 3.63) is 30.1 Å². The molecule has 4 aliphatic rings. The van der Waals surface area contributed by atoms with E-state index in [1.807, 2.05) is 25.3 Å². The molecule has 0 bridgehead atoms. The molecular formula is C26H37NO2. The molecule has 1 N–H and O–H groups in total. The maximum Gasteiger partial charge on any atom is 0.140 e. The van der Waals surface area contributed by atoms with E-state index >= 15 is 0 Å². The molecule has 158 valence electrons. The zero-order chi connectivity index (χ0) is 20.2. The number of hydrogen-bond acceptors (Lipinski definition) is 3. The summed E-state index contributed by atoms with van der Waals surface area (Å²) in [5.74, 6) is 4.62. The lowest BCUT2D eigenvalue weighted by molar-refractivity contribution is -0.131. The van der Waals surface area contributed by atoms with E-state index in [9.17, 15) is 9.90 Å². The minimum Gasteiger partial charge on any atom is -0.390 e. The van der Waals surface area contributed by atoms with Crippen molar-refractivity contribution in [3.8, 4) is 0 Å². The third kappa shape index (κ3) is 3.38. The number of carbonyl (C=O) groups is 1. The Morgan fingerprint density at radius 3 is 2.69 bits per heavy atom. The maximum atomic E-state index is 13.3. The maximum absolute atomic E-state index is 13.3. The average molecular weight is 396 g/mol. The molecule has 1 heterocycles. The first-order valence-electron chi connectivity index (χ1n) is 12.0. The van der Waals surface area contributed by atoms with Crippen LogP contribution in [0.1, 0.15) is 77.2 Å². The molecule has 0 saturated heterocycles. The summed E-state index contributed by atoms with van der Waals surface area (Å²) in [5, 5.41) is 10.6. The predicted molar refractivity (Wildman–Crippen MR) is 114 cm³/mol. The summed E-state index contributed by atoms with van der Waals surface area (Å²) in [6, 6.07) is 3.98. The van der Waals surface area contributed by atoms with Crippen LogP contribution in [0.2, 0.25) is 0 Å². The van der Waals surface area contributed by atoms with Gasteiger partial charge in [0.1, 0.15) is 5.78 Å². The van der Waals surface area contributed by atoms with Gasteiger partial charge in [-0.2, -0.15) is 0 Å². The minimum absolute atomic E-state index is 0.202. The van der Waals surface area contributed by atoms with Crippen molar-refractivity contribution in [3.63, 3.8) is 0 Å². The molecule has 0 radical (unpaired) electrons. The van der Waals surface area contributed by atoms with Gasteiger partial charge in [-0.3, -0.25) is 9.78 Å². The van der Waals surface area contributed by atoms with Gasteiger partial charge in [-0.1, -0.05) is 13.0 Å². The molecule has 4 saturated carbocycles. The van der Waals surface area contributed by atoms with Gasteiger partial charge in [0.2, 0.25) is 0 Å². The van der Waals surface area contributed by atoms with Gasteiger partial charge in [-0.05, 0) is 111 Å². The summed E-state index contributed by atoms with van der Waals surface area (Å²) in [6.07, 6.45) is 14.9. The summed E-state index contributed by atoms with van der Waals surface area (Å²) >= 11 is 0. The van der Waals surface area contributed by atoms with Crippen LogP contribution in [0.15, 0.2) is 24.5 Å². The second-order valence-electron chi connectivity index (χ2n) is 11.4. The average Bonchev–Trinajstić information content (AvgIpc) is 3.05. The van der Waals surface area contributed by atoms with E-state index in [0.717, 1.165) is 54.4 Å². The topological polar surface area (TPSA) is 50.2 Å². The van der Waals surface area contributed by atoms with E-state index in [1.165, 1.54) is 38.5 Å². The number of nitrogens with zero attached hydrogens (tertiary/aromatic N) is 1. The number of ketones is 1. The first kappa shape index (κ1) is 19.7. The highest BCUT2D eigenvalue weighted by Gasteiger charge is 2.58. The lowest BCUT2D eigenvalue weighted by Gasteiger charge is -2.56. The molecule has 8 atom stereocenters. The molecule has 0 amide bonds. The van der Waals surface area contributed by atoms with Gasteiger partial charge < -0.3 is 5.11 Å². The third-order valence-corrected chi connectivity index (χ3v) is 9.73. The van der Waals surface area contributed by atoms with Crippen LogP contribution in [-0.2, 0) is 11.2 Å². The van der Waals surface area contributed by atoms with Gasteiger partial charge in [0.05, 0.1) is 5.60 Å². The Morgan fingerprint density at radius 2 is 1.90 bits per heavy atom. The van der Waals surface area contributed by atoms with Crippen molar-refractivity contribution >= 4 is 5.78 Å². The highest BCUT2D eigenvalue weighted by molar-refractivity contribution is 5.84. The molecule has 0 aliphatic heterocycles. The van der Waals surface area contributed by atoms with Gasteiger partial charge >= 0.3 is 0 Å². The number of Topliss-reactive ketones (excluding diaryl/α,β-unsaturated/α-hetero) is 1. The fraction of sp³-hybridized carbons (Fsp3) is 0.769. The SMILES string of the molecule is CC1(O)CCC2C(CCC3C2CCC2(C)C(C(=O)Cc4cccnc4)CCC32)C1. The third-order valence-electron chi connectivity index (χ3n) is 9.73. The minimum atomic E-state index is -0.436. The summed E-state index contributed by atoms with van der Waals surface area (Å²) in [5.41, 5.74) is 0.829. The molecule has 3 heteroatoms. The molecule has 4 fully saturated rings.